The molecule has 5 nitrogen and oxygen atoms in total. The predicted octanol–water partition coefficient (Wildman–Crippen LogP) is 1.68. The molecule has 0 aliphatic carbocycles. The van der Waals surface area contributed by atoms with Crippen molar-refractivity contribution in [3.63, 3.8) is 0 Å². The van der Waals surface area contributed by atoms with Crippen LogP contribution in [0.5, 0.6) is 0 Å². The second kappa shape index (κ2) is 7.28. The highest BCUT2D eigenvalue weighted by atomic mass is 16.5. The predicted molar refractivity (Wildman–Crippen MR) is 89.0 cm³/mol. The Labute approximate surface area is 138 Å². The Morgan fingerprint density at radius 3 is 2.43 bits per heavy atom. The van der Waals surface area contributed by atoms with Crippen molar-refractivity contribution in [2.24, 2.45) is 5.92 Å². The summed E-state index contributed by atoms with van der Waals surface area (Å²) in [6.07, 6.45) is 3.71. The van der Waals surface area contributed by atoms with Gasteiger partial charge in [0.15, 0.2) is 0 Å². The van der Waals surface area contributed by atoms with Crippen LogP contribution in [0.4, 0.5) is 0 Å². The molecule has 3 N–H and O–H groups in total. The van der Waals surface area contributed by atoms with Crippen LogP contribution in [-0.4, -0.2) is 39.0 Å². The number of benzene rings is 1. The maximum Gasteiger partial charge on any atom is 0.0949 e. The van der Waals surface area contributed by atoms with Gasteiger partial charge in [-0.25, -0.2) is 0 Å². The molecule has 5 heteroatoms. The molecule has 0 bridgehead atoms. The molecule has 3 heterocycles. The van der Waals surface area contributed by atoms with E-state index in [1.54, 1.807) is 0 Å². The van der Waals surface area contributed by atoms with Crippen molar-refractivity contribution < 1.29 is 9.47 Å². The maximum atomic E-state index is 5.82. The Bertz CT molecular complexity index is 495. The minimum absolute atomic E-state index is 0.197. The molecule has 23 heavy (non-hydrogen) atoms. The fourth-order valence-corrected chi connectivity index (χ4v) is 3.95. The van der Waals surface area contributed by atoms with Gasteiger partial charge in [-0.1, -0.05) is 24.3 Å². The molecule has 3 aliphatic rings. The minimum Gasteiger partial charge on any atom is -0.381 e. The van der Waals surface area contributed by atoms with Crippen LogP contribution in [0.25, 0.3) is 0 Å². The number of rotatable bonds is 3. The summed E-state index contributed by atoms with van der Waals surface area (Å²) in [5.41, 5.74) is 9.63. The van der Waals surface area contributed by atoms with E-state index in [0.29, 0.717) is 12.1 Å². The van der Waals surface area contributed by atoms with Gasteiger partial charge in [-0.2, -0.15) is 0 Å². The van der Waals surface area contributed by atoms with E-state index in [-0.39, 0.29) is 6.10 Å². The van der Waals surface area contributed by atoms with Crippen molar-refractivity contribution >= 4 is 0 Å². The summed E-state index contributed by atoms with van der Waals surface area (Å²) in [4.78, 5) is 0. The molecule has 0 spiro atoms. The number of morpholine rings is 1. The molecule has 126 valence electrons. The first kappa shape index (κ1) is 15.5. The second-order valence-corrected chi connectivity index (χ2v) is 6.86. The molecule has 2 unspecified atom stereocenters. The van der Waals surface area contributed by atoms with Crippen molar-refractivity contribution in [3.05, 3.63) is 35.4 Å². The van der Waals surface area contributed by atoms with Gasteiger partial charge in [-0.3, -0.25) is 10.9 Å². The van der Waals surface area contributed by atoms with Crippen LogP contribution in [-0.2, 0) is 9.47 Å². The lowest BCUT2D eigenvalue weighted by Crippen LogP contribution is -2.38. The molecule has 3 aliphatic heterocycles. The van der Waals surface area contributed by atoms with Gasteiger partial charge in [0.2, 0.25) is 0 Å². The molecule has 1 aromatic rings. The normalized spacial score (nSPS) is 33.0. The SMILES string of the molecule is c1cc([C@H]2CNCCO2)ccc1C1CC(C2CCOCC2)NN1. The highest BCUT2D eigenvalue weighted by molar-refractivity contribution is 5.27. The fraction of sp³-hybridized carbons (Fsp3) is 0.667. The van der Waals surface area contributed by atoms with Crippen molar-refractivity contribution in [2.75, 3.05) is 32.9 Å². The van der Waals surface area contributed by atoms with Crippen molar-refractivity contribution in [3.8, 4) is 0 Å². The smallest absolute Gasteiger partial charge is 0.0949 e. The maximum absolute atomic E-state index is 5.82. The Morgan fingerprint density at radius 1 is 0.913 bits per heavy atom. The largest absolute Gasteiger partial charge is 0.381 e. The quantitative estimate of drug-likeness (QED) is 0.792. The van der Waals surface area contributed by atoms with Gasteiger partial charge in [-0.05, 0) is 36.3 Å². The minimum atomic E-state index is 0.197. The van der Waals surface area contributed by atoms with Crippen LogP contribution < -0.4 is 16.2 Å². The molecule has 0 aromatic heterocycles. The lowest BCUT2D eigenvalue weighted by atomic mass is 9.88. The van der Waals surface area contributed by atoms with Crippen LogP contribution in [0.1, 0.15) is 42.5 Å². The van der Waals surface area contributed by atoms with Crippen LogP contribution >= 0.6 is 0 Å². The summed E-state index contributed by atoms with van der Waals surface area (Å²) >= 11 is 0. The van der Waals surface area contributed by atoms with E-state index in [2.05, 4.69) is 40.4 Å². The highest BCUT2D eigenvalue weighted by Gasteiger charge is 2.32. The topological polar surface area (TPSA) is 54.5 Å². The molecule has 4 rings (SSSR count). The zero-order valence-electron chi connectivity index (χ0n) is 13.6. The first-order valence-corrected chi connectivity index (χ1v) is 8.91. The third-order valence-electron chi connectivity index (χ3n) is 5.41. The van der Waals surface area contributed by atoms with Crippen LogP contribution in [0, 0.1) is 5.92 Å². The molecule has 0 amide bonds. The summed E-state index contributed by atoms with van der Waals surface area (Å²) in [5, 5.41) is 3.39. The molecule has 3 fully saturated rings. The van der Waals surface area contributed by atoms with Gasteiger partial charge in [0.1, 0.15) is 0 Å². The average Bonchev–Trinajstić information content (AvgIpc) is 3.14. The van der Waals surface area contributed by atoms with E-state index in [4.69, 9.17) is 9.47 Å². The van der Waals surface area contributed by atoms with Gasteiger partial charge in [0.25, 0.3) is 0 Å². The molecule has 1 aromatic carbocycles. The number of hydrazine groups is 1. The van der Waals surface area contributed by atoms with E-state index >= 15 is 0 Å². The molecular formula is C18H27N3O2. The van der Waals surface area contributed by atoms with E-state index in [9.17, 15) is 0 Å². The van der Waals surface area contributed by atoms with E-state index in [0.717, 1.165) is 45.2 Å². The zero-order chi connectivity index (χ0) is 15.5. The second-order valence-electron chi connectivity index (χ2n) is 6.86. The number of nitrogens with one attached hydrogen (secondary N) is 3. The van der Waals surface area contributed by atoms with Crippen LogP contribution in [0.2, 0.25) is 0 Å². The zero-order valence-corrected chi connectivity index (χ0v) is 13.6. The third kappa shape index (κ3) is 3.59. The first-order valence-electron chi connectivity index (χ1n) is 8.91. The monoisotopic (exact) mass is 317 g/mol. The van der Waals surface area contributed by atoms with Crippen molar-refractivity contribution in [1.82, 2.24) is 16.2 Å². The Morgan fingerprint density at radius 2 is 1.70 bits per heavy atom. The summed E-state index contributed by atoms with van der Waals surface area (Å²) in [6.45, 7) is 4.50. The Balaban J connectivity index is 1.36. The van der Waals surface area contributed by atoms with E-state index < -0.39 is 0 Å². The van der Waals surface area contributed by atoms with Gasteiger partial charge >= 0.3 is 0 Å². The van der Waals surface area contributed by atoms with E-state index in [1.807, 2.05) is 0 Å². The lowest BCUT2D eigenvalue weighted by molar-refractivity contribution is 0.0277. The highest BCUT2D eigenvalue weighted by Crippen LogP contribution is 2.30. The Hall–Kier alpha value is -0.980. The van der Waals surface area contributed by atoms with Crippen molar-refractivity contribution in [1.29, 1.82) is 0 Å². The summed E-state index contributed by atoms with van der Waals surface area (Å²) in [7, 11) is 0. The Kier molecular flexibility index (Phi) is 4.92. The molecule has 0 radical (unpaired) electrons. The van der Waals surface area contributed by atoms with Gasteiger partial charge in [0.05, 0.1) is 12.7 Å². The first-order chi connectivity index (χ1) is 11.4. The lowest BCUT2D eigenvalue weighted by Gasteiger charge is -2.27. The number of ether oxygens (including phenoxy) is 2. The van der Waals surface area contributed by atoms with Crippen LogP contribution in [0.15, 0.2) is 24.3 Å². The molecule has 3 saturated heterocycles. The molecule has 0 saturated carbocycles. The average molecular weight is 317 g/mol. The summed E-state index contributed by atoms with van der Waals surface area (Å²) in [5.74, 6) is 0.738. The van der Waals surface area contributed by atoms with Gasteiger partial charge in [0, 0.05) is 38.4 Å². The fourth-order valence-electron chi connectivity index (χ4n) is 3.95. The van der Waals surface area contributed by atoms with Crippen LogP contribution in [0.3, 0.4) is 0 Å². The molecule has 3 atom stereocenters. The van der Waals surface area contributed by atoms with E-state index in [1.165, 1.54) is 24.0 Å². The number of hydrogen-bond donors (Lipinski definition) is 3. The van der Waals surface area contributed by atoms with Gasteiger partial charge in [-0.15, -0.1) is 0 Å². The standard InChI is InChI=1S/C18H27N3O2/c1-3-15(18-12-19-7-10-23-18)4-2-13(1)16-11-17(21-20-16)14-5-8-22-9-6-14/h1-4,14,16-21H,5-12H2/t16?,17?,18-/m1/s1. The summed E-state index contributed by atoms with van der Waals surface area (Å²) in [6, 6.07) is 9.90. The third-order valence-corrected chi connectivity index (χ3v) is 5.41. The number of hydrogen-bond acceptors (Lipinski definition) is 5. The summed E-state index contributed by atoms with van der Waals surface area (Å²) < 4.78 is 11.3. The van der Waals surface area contributed by atoms with Crippen molar-refractivity contribution in [2.45, 2.75) is 37.5 Å². The molecular weight excluding hydrogens is 290 g/mol. The van der Waals surface area contributed by atoms with Gasteiger partial charge < -0.3 is 14.8 Å².